The molecule has 2 amide bonds. The minimum Gasteiger partial charge on any atom is -0.335 e. The SMILES string of the molecule is Cc1c(C#N)c(NC(=O)CN2CCN(C(=O)c3cccs3)CC2)n(-c2ccccc2)c1C. The van der Waals surface area contributed by atoms with Gasteiger partial charge < -0.3 is 10.2 Å². The lowest BCUT2D eigenvalue weighted by Gasteiger charge is -2.34. The number of nitriles is 1. The van der Waals surface area contributed by atoms with E-state index in [2.05, 4.69) is 11.4 Å². The van der Waals surface area contributed by atoms with Gasteiger partial charge in [-0.15, -0.1) is 11.3 Å². The van der Waals surface area contributed by atoms with E-state index in [0.29, 0.717) is 37.6 Å². The molecular formula is C24H25N5O2S. The Morgan fingerprint density at radius 1 is 1.06 bits per heavy atom. The van der Waals surface area contributed by atoms with Crippen molar-refractivity contribution in [1.82, 2.24) is 14.4 Å². The monoisotopic (exact) mass is 447 g/mol. The number of aromatic nitrogens is 1. The molecule has 1 N–H and O–H groups in total. The molecule has 0 spiro atoms. The van der Waals surface area contributed by atoms with Gasteiger partial charge in [-0.2, -0.15) is 5.26 Å². The summed E-state index contributed by atoms with van der Waals surface area (Å²) in [4.78, 5) is 30.0. The first-order chi connectivity index (χ1) is 15.5. The van der Waals surface area contributed by atoms with E-state index in [1.807, 2.05) is 76.1 Å². The summed E-state index contributed by atoms with van der Waals surface area (Å²) in [6.45, 7) is 6.50. The highest BCUT2D eigenvalue weighted by atomic mass is 32.1. The Hall–Kier alpha value is -3.41. The van der Waals surface area contributed by atoms with Crippen molar-refractivity contribution in [2.24, 2.45) is 0 Å². The van der Waals surface area contributed by atoms with E-state index in [9.17, 15) is 14.9 Å². The molecule has 0 unspecified atom stereocenters. The van der Waals surface area contributed by atoms with Crippen molar-refractivity contribution in [3.63, 3.8) is 0 Å². The zero-order chi connectivity index (χ0) is 22.7. The van der Waals surface area contributed by atoms with Crippen molar-refractivity contribution in [2.45, 2.75) is 13.8 Å². The lowest BCUT2D eigenvalue weighted by atomic mass is 10.2. The van der Waals surface area contributed by atoms with Gasteiger partial charge in [0.25, 0.3) is 5.91 Å². The molecule has 3 aromatic rings. The summed E-state index contributed by atoms with van der Waals surface area (Å²) < 4.78 is 1.92. The Bertz CT molecular complexity index is 1150. The zero-order valence-corrected chi connectivity index (χ0v) is 19.0. The minimum atomic E-state index is -0.172. The van der Waals surface area contributed by atoms with Crippen molar-refractivity contribution in [1.29, 1.82) is 5.26 Å². The number of hydrogen-bond acceptors (Lipinski definition) is 5. The third kappa shape index (κ3) is 4.31. The van der Waals surface area contributed by atoms with E-state index in [4.69, 9.17) is 0 Å². The van der Waals surface area contributed by atoms with E-state index in [1.165, 1.54) is 11.3 Å². The van der Waals surface area contributed by atoms with Gasteiger partial charge in [-0.05, 0) is 43.0 Å². The van der Waals surface area contributed by atoms with Gasteiger partial charge in [0.05, 0.1) is 17.0 Å². The van der Waals surface area contributed by atoms with Crippen molar-refractivity contribution in [2.75, 3.05) is 38.0 Å². The van der Waals surface area contributed by atoms with Crippen LogP contribution in [-0.2, 0) is 4.79 Å². The fourth-order valence-electron chi connectivity index (χ4n) is 4.00. The number of hydrogen-bond donors (Lipinski definition) is 1. The van der Waals surface area contributed by atoms with Gasteiger partial charge in [-0.3, -0.25) is 19.1 Å². The Kier molecular flexibility index (Phi) is 6.40. The van der Waals surface area contributed by atoms with Crippen LogP contribution in [-0.4, -0.2) is 58.9 Å². The molecule has 0 bridgehead atoms. The fraction of sp³-hybridized carbons (Fsp3) is 0.292. The Morgan fingerprint density at radius 2 is 1.78 bits per heavy atom. The van der Waals surface area contributed by atoms with Gasteiger partial charge >= 0.3 is 0 Å². The number of rotatable bonds is 5. The van der Waals surface area contributed by atoms with Crippen molar-refractivity contribution >= 4 is 29.0 Å². The molecule has 1 saturated heterocycles. The molecule has 0 aliphatic carbocycles. The molecular weight excluding hydrogens is 422 g/mol. The van der Waals surface area contributed by atoms with Gasteiger partial charge in [-0.1, -0.05) is 24.3 Å². The quantitative estimate of drug-likeness (QED) is 0.650. The van der Waals surface area contributed by atoms with Gasteiger partial charge in [0, 0.05) is 37.6 Å². The Balaban J connectivity index is 1.44. The summed E-state index contributed by atoms with van der Waals surface area (Å²) in [5.41, 5.74) is 3.15. The average molecular weight is 448 g/mol. The van der Waals surface area contributed by atoms with Crippen LogP contribution >= 0.6 is 11.3 Å². The highest BCUT2D eigenvalue weighted by molar-refractivity contribution is 7.12. The summed E-state index contributed by atoms with van der Waals surface area (Å²) in [5.74, 6) is 0.383. The first kappa shape index (κ1) is 21.8. The number of nitrogens with zero attached hydrogens (tertiary/aromatic N) is 4. The molecule has 4 rings (SSSR count). The fourth-order valence-corrected chi connectivity index (χ4v) is 4.69. The molecule has 1 aromatic carbocycles. The maximum absolute atomic E-state index is 12.9. The van der Waals surface area contributed by atoms with E-state index < -0.39 is 0 Å². The van der Waals surface area contributed by atoms with Crippen LogP contribution in [0.5, 0.6) is 0 Å². The van der Waals surface area contributed by atoms with Crippen LogP contribution in [0.4, 0.5) is 5.82 Å². The Morgan fingerprint density at radius 3 is 2.41 bits per heavy atom. The summed E-state index contributed by atoms with van der Waals surface area (Å²) in [6.07, 6.45) is 0. The van der Waals surface area contributed by atoms with Crippen molar-refractivity contribution in [3.05, 3.63) is 69.5 Å². The predicted octanol–water partition coefficient (Wildman–Crippen LogP) is 3.42. The summed E-state index contributed by atoms with van der Waals surface area (Å²) in [6, 6.07) is 15.7. The molecule has 0 radical (unpaired) electrons. The molecule has 0 saturated carbocycles. The second kappa shape index (κ2) is 9.39. The lowest BCUT2D eigenvalue weighted by Crippen LogP contribution is -2.50. The van der Waals surface area contributed by atoms with Gasteiger partial charge in [-0.25, -0.2) is 0 Å². The highest BCUT2D eigenvalue weighted by Crippen LogP contribution is 2.29. The first-order valence-electron chi connectivity index (χ1n) is 10.5. The van der Waals surface area contributed by atoms with E-state index in [0.717, 1.165) is 21.8 Å². The molecule has 0 atom stereocenters. The number of piperazine rings is 1. The van der Waals surface area contributed by atoms with Crippen LogP contribution in [0.3, 0.4) is 0 Å². The third-order valence-electron chi connectivity index (χ3n) is 5.86. The van der Waals surface area contributed by atoms with E-state index >= 15 is 0 Å². The summed E-state index contributed by atoms with van der Waals surface area (Å²) in [5, 5.41) is 14.6. The standard InChI is InChI=1S/C24H25N5O2S/c1-17-18(2)29(19-7-4-3-5-8-19)23(20(17)15-25)26-22(30)16-27-10-12-28(13-11-27)24(31)21-9-6-14-32-21/h3-9,14H,10-13,16H2,1-2H3,(H,26,30). The van der Waals surface area contributed by atoms with Crippen LogP contribution in [0.15, 0.2) is 47.8 Å². The molecule has 1 fully saturated rings. The van der Waals surface area contributed by atoms with E-state index in [1.54, 1.807) is 0 Å². The molecule has 164 valence electrons. The maximum atomic E-state index is 12.9. The highest BCUT2D eigenvalue weighted by Gasteiger charge is 2.25. The summed E-state index contributed by atoms with van der Waals surface area (Å²) in [7, 11) is 0. The largest absolute Gasteiger partial charge is 0.335 e. The van der Waals surface area contributed by atoms with Gasteiger partial charge in [0.15, 0.2) is 0 Å². The van der Waals surface area contributed by atoms with Crippen LogP contribution in [0, 0.1) is 25.2 Å². The van der Waals surface area contributed by atoms with Crippen molar-refractivity contribution < 1.29 is 9.59 Å². The molecule has 32 heavy (non-hydrogen) atoms. The number of thiophene rings is 1. The van der Waals surface area contributed by atoms with Crippen LogP contribution in [0.25, 0.3) is 5.69 Å². The normalized spacial score (nSPS) is 14.2. The minimum absolute atomic E-state index is 0.0504. The second-order valence-corrected chi connectivity index (χ2v) is 8.76. The molecule has 7 nitrogen and oxygen atoms in total. The van der Waals surface area contributed by atoms with E-state index in [-0.39, 0.29) is 18.4 Å². The number of anilines is 1. The smallest absolute Gasteiger partial charge is 0.264 e. The number of amides is 2. The first-order valence-corrected chi connectivity index (χ1v) is 11.4. The average Bonchev–Trinajstić information content (AvgIpc) is 3.42. The number of para-hydroxylation sites is 1. The second-order valence-electron chi connectivity index (χ2n) is 7.81. The van der Waals surface area contributed by atoms with Gasteiger partial charge in [0.2, 0.25) is 5.91 Å². The number of benzene rings is 1. The maximum Gasteiger partial charge on any atom is 0.264 e. The molecule has 3 heterocycles. The third-order valence-corrected chi connectivity index (χ3v) is 6.71. The van der Waals surface area contributed by atoms with Gasteiger partial charge in [0.1, 0.15) is 11.9 Å². The number of carbonyl (C=O) groups is 2. The lowest BCUT2D eigenvalue weighted by molar-refractivity contribution is -0.117. The zero-order valence-electron chi connectivity index (χ0n) is 18.2. The number of nitrogens with one attached hydrogen (secondary N) is 1. The number of carbonyl (C=O) groups excluding carboxylic acids is 2. The van der Waals surface area contributed by atoms with Crippen molar-refractivity contribution in [3.8, 4) is 11.8 Å². The van der Waals surface area contributed by atoms with Crippen LogP contribution < -0.4 is 5.32 Å². The van der Waals surface area contributed by atoms with Crippen LogP contribution in [0.2, 0.25) is 0 Å². The molecule has 1 aliphatic heterocycles. The molecule has 2 aromatic heterocycles. The molecule has 8 heteroatoms. The van der Waals surface area contributed by atoms with Crippen LogP contribution in [0.1, 0.15) is 26.5 Å². The molecule has 1 aliphatic rings. The topological polar surface area (TPSA) is 81.4 Å². The Labute approximate surface area is 191 Å². The summed E-state index contributed by atoms with van der Waals surface area (Å²) >= 11 is 1.45. The predicted molar refractivity (Wildman–Crippen MR) is 125 cm³/mol.